The van der Waals surface area contributed by atoms with Gasteiger partial charge in [0.25, 0.3) is 0 Å². The molecule has 1 aromatic heterocycles. The Bertz CT molecular complexity index is 700. The maximum absolute atomic E-state index is 11.4. The van der Waals surface area contributed by atoms with E-state index >= 15 is 0 Å². The third-order valence-corrected chi connectivity index (χ3v) is 2.95. The van der Waals surface area contributed by atoms with Crippen molar-refractivity contribution in [3.05, 3.63) is 47.5 Å². The maximum atomic E-state index is 11.4. The first-order chi connectivity index (χ1) is 11.2. The van der Waals surface area contributed by atoms with Gasteiger partial charge in [0.1, 0.15) is 17.8 Å². The zero-order valence-electron chi connectivity index (χ0n) is 13.4. The zero-order valence-corrected chi connectivity index (χ0v) is 15.4. The maximum Gasteiger partial charge on any atom is 1.00 e. The van der Waals surface area contributed by atoms with Crippen LogP contribution in [0.5, 0.6) is 0 Å². The van der Waals surface area contributed by atoms with Gasteiger partial charge in [0, 0.05) is 24.2 Å². The van der Waals surface area contributed by atoms with E-state index in [9.17, 15) is 9.59 Å². The molecule has 2 amide bonds. The van der Waals surface area contributed by atoms with Gasteiger partial charge in [-0.2, -0.15) is 5.48 Å². The molecule has 0 bridgehead atoms. The van der Waals surface area contributed by atoms with Crippen LogP contribution in [-0.4, -0.2) is 42.3 Å². The number of quaternary nitrogens is 1. The Morgan fingerprint density at radius 1 is 1.33 bits per heavy atom. The Balaban J connectivity index is 0.00000288. The predicted octanol–water partition coefficient (Wildman–Crippen LogP) is -1.51. The van der Waals surface area contributed by atoms with Crippen molar-refractivity contribution in [3.8, 4) is 11.3 Å². The SMILES string of the molecule is C[N-]C(=O)N(CC=O)/N=C/c1ccc(-c2ccc([NH2+]O)cc2)o1.[Na+]. The van der Waals surface area contributed by atoms with Crippen LogP contribution in [0.25, 0.3) is 16.6 Å². The topological polar surface area (TPSA) is 114 Å². The van der Waals surface area contributed by atoms with Gasteiger partial charge in [0.05, 0.1) is 6.21 Å². The second-order valence-corrected chi connectivity index (χ2v) is 4.45. The Morgan fingerprint density at radius 2 is 2.04 bits per heavy atom. The summed E-state index contributed by atoms with van der Waals surface area (Å²) in [6.07, 6.45) is 1.90. The first-order valence-corrected chi connectivity index (χ1v) is 6.74. The summed E-state index contributed by atoms with van der Waals surface area (Å²) in [6, 6.07) is 9.95. The van der Waals surface area contributed by atoms with E-state index in [1.807, 2.05) is 0 Å². The van der Waals surface area contributed by atoms with Crippen LogP contribution in [-0.2, 0) is 4.79 Å². The number of hydrazone groups is 1. The van der Waals surface area contributed by atoms with Gasteiger partial charge in [-0.05, 0) is 24.3 Å². The first-order valence-electron chi connectivity index (χ1n) is 6.74. The average molecular weight is 339 g/mol. The molecular formula is C15H16N4NaO4+. The standard InChI is InChI=1S/C15H16N4O4.Na/c1-16-15(21)19(8-9-20)17-10-13-6-7-14(23-13)11-2-4-12(18-22)5-3-11;/h2-7,9-10H,8H2,1H3,(H3,16,17,18,21,22);/q;+1. The van der Waals surface area contributed by atoms with E-state index in [0.717, 1.165) is 16.1 Å². The van der Waals surface area contributed by atoms with E-state index in [2.05, 4.69) is 10.4 Å². The fourth-order valence-electron chi connectivity index (χ4n) is 1.80. The average Bonchev–Trinajstić information content (AvgIpc) is 3.07. The van der Waals surface area contributed by atoms with Crippen LogP contribution in [0.1, 0.15) is 5.76 Å². The number of rotatable bonds is 6. The summed E-state index contributed by atoms with van der Waals surface area (Å²) >= 11 is 0. The van der Waals surface area contributed by atoms with Gasteiger partial charge in [-0.1, -0.05) is 7.05 Å². The van der Waals surface area contributed by atoms with Crippen LogP contribution in [0.15, 0.2) is 45.9 Å². The van der Waals surface area contributed by atoms with Crippen molar-refractivity contribution in [1.82, 2.24) is 5.01 Å². The summed E-state index contributed by atoms with van der Waals surface area (Å²) in [5, 5.41) is 17.2. The fourth-order valence-corrected chi connectivity index (χ4v) is 1.80. The van der Waals surface area contributed by atoms with Crippen molar-refractivity contribution in [3.63, 3.8) is 0 Å². The predicted molar refractivity (Wildman–Crippen MR) is 82.6 cm³/mol. The summed E-state index contributed by atoms with van der Waals surface area (Å²) in [6.45, 7) is -0.181. The van der Waals surface area contributed by atoms with Crippen molar-refractivity contribution in [1.29, 1.82) is 0 Å². The molecule has 120 valence electrons. The molecule has 0 aliphatic carbocycles. The number of benzene rings is 1. The molecule has 0 atom stereocenters. The van der Waals surface area contributed by atoms with Crippen molar-refractivity contribution in [2.75, 3.05) is 13.6 Å². The van der Waals surface area contributed by atoms with Gasteiger partial charge >= 0.3 is 29.6 Å². The van der Waals surface area contributed by atoms with E-state index in [1.54, 1.807) is 36.4 Å². The molecule has 3 N–H and O–H groups in total. The summed E-state index contributed by atoms with van der Waals surface area (Å²) in [4.78, 5) is 22.0. The van der Waals surface area contributed by atoms with Gasteiger partial charge in [0.2, 0.25) is 0 Å². The summed E-state index contributed by atoms with van der Waals surface area (Å²) in [5.74, 6) is 1.04. The second-order valence-electron chi connectivity index (χ2n) is 4.45. The van der Waals surface area contributed by atoms with Crippen LogP contribution in [0.3, 0.4) is 0 Å². The monoisotopic (exact) mass is 339 g/mol. The fraction of sp³-hybridized carbons (Fsp3) is 0.133. The van der Waals surface area contributed by atoms with Crippen molar-refractivity contribution >= 4 is 24.2 Å². The minimum absolute atomic E-state index is 0. The number of hydrogen-bond donors (Lipinski definition) is 2. The van der Waals surface area contributed by atoms with Gasteiger partial charge in [-0.3, -0.25) is 9.90 Å². The van der Waals surface area contributed by atoms with Gasteiger partial charge in [-0.15, -0.1) is 0 Å². The smallest absolute Gasteiger partial charge is 0.455 e. The molecule has 1 heterocycles. The van der Waals surface area contributed by atoms with Crippen LogP contribution < -0.4 is 35.0 Å². The van der Waals surface area contributed by atoms with Gasteiger partial charge < -0.3 is 19.5 Å². The Morgan fingerprint density at radius 3 is 2.62 bits per heavy atom. The molecule has 0 spiro atoms. The van der Waals surface area contributed by atoms with E-state index in [0.29, 0.717) is 23.5 Å². The van der Waals surface area contributed by atoms with Crippen LogP contribution in [0.2, 0.25) is 0 Å². The number of nitrogens with two attached hydrogens (primary N) is 1. The number of aldehydes is 1. The molecule has 8 nitrogen and oxygen atoms in total. The Kier molecular flexibility index (Phi) is 8.37. The molecular weight excluding hydrogens is 323 g/mol. The third-order valence-electron chi connectivity index (χ3n) is 2.95. The molecule has 0 saturated carbocycles. The van der Waals surface area contributed by atoms with Gasteiger partial charge in [0.15, 0.2) is 11.7 Å². The number of amides is 2. The number of hydrogen-bond acceptors (Lipinski definition) is 5. The van der Waals surface area contributed by atoms with Crippen molar-refractivity contribution < 1.29 is 54.3 Å². The van der Waals surface area contributed by atoms with E-state index in [-0.39, 0.29) is 36.1 Å². The van der Waals surface area contributed by atoms with Crippen LogP contribution in [0, 0.1) is 0 Å². The molecule has 0 aliphatic rings. The summed E-state index contributed by atoms with van der Waals surface area (Å²) in [5.41, 5.74) is 2.54. The quantitative estimate of drug-likeness (QED) is 0.219. The normalized spacial score (nSPS) is 10.2. The first kappa shape index (κ1) is 20.1. The molecule has 2 aromatic rings. The third kappa shape index (κ3) is 5.29. The van der Waals surface area contributed by atoms with E-state index < -0.39 is 6.03 Å². The van der Waals surface area contributed by atoms with Crippen molar-refractivity contribution in [2.45, 2.75) is 0 Å². The molecule has 0 saturated heterocycles. The Labute approximate surface area is 160 Å². The summed E-state index contributed by atoms with van der Waals surface area (Å²) in [7, 11) is 1.33. The Hall–Kier alpha value is -1.97. The second kappa shape index (κ2) is 10.0. The minimum atomic E-state index is -0.615. The molecule has 0 aliphatic heterocycles. The molecule has 1 aromatic carbocycles. The molecule has 2 rings (SSSR count). The number of urea groups is 1. The molecule has 9 heteroatoms. The largest absolute Gasteiger partial charge is 1.00 e. The van der Waals surface area contributed by atoms with Crippen molar-refractivity contribution in [2.24, 2.45) is 5.10 Å². The zero-order chi connectivity index (χ0) is 16.7. The number of furan rings is 1. The molecule has 24 heavy (non-hydrogen) atoms. The molecule has 0 radical (unpaired) electrons. The summed E-state index contributed by atoms with van der Waals surface area (Å²) < 4.78 is 5.61. The minimum Gasteiger partial charge on any atom is -0.455 e. The van der Waals surface area contributed by atoms with E-state index in [4.69, 9.17) is 9.62 Å². The molecule has 0 fully saturated rings. The van der Waals surface area contributed by atoms with Crippen LogP contribution >= 0.6 is 0 Å². The molecule has 0 unspecified atom stereocenters. The number of nitrogens with zero attached hydrogens (tertiary/aromatic N) is 3. The van der Waals surface area contributed by atoms with Crippen LogP contribution in [0.4, 0.5) is 10.5 Å². The number of carbonyl (C=O) groups excluding carboxylic acids is 2. The van der Waals surface area contributed by atoms with E-state index in [1.165, 1.54) is 13.3 Å². The van der Waals surface area contributed by atoms with Gasteiger partial charge in [-0.25, -0.2) is 5.21 Å². The number of carbonyl (C=O) groups is 2.